The van der Waals surface area contributed by atoms with E-state index in [-0.39, 0.29) is 25.0 Å². The van der Waals surface area contributed by atoms with Gasteiger partial charge in [0.05, 0.1) is 24.7 Å². The molecule has 0 heterocycles. The Bertz CT molecular complexity index is 483. The largest absolute Gasteiger partial charge is 0.496 e. The number of halogens is 1. The molecule has 1 atom stereocenters. The highest BCUT2D eigenvalue weighted by atomic mass is 79.9. The van der Waals surface area contributed by atoms with E-state index in [1.165, 1.54) is 0 Å². The summed E-state index contributed by atoms with van der Waals surface area (Å²) in [4.78, 5) is 11.4. The molecule has 1 amide bonds. The molecule has 0 aliphatic heterocycles. The van der Waals surface area contributed by atoms with Crippen LogP contribution in [0.5, 0.6) is 5.75 Å². The van der Waals surface area contributed by atoms with Crippen molar-refractivity contribution in [3.05, 3.63) is 28.2 Å². The molecule has 0 saturated carbocycles. The van der Waals surface area contributed by atoms with Gasteiger partial charge in [-0.2, -0.15) is 0 Å². The van der Waals surface area contributed by atoms with Gasteiger partial charge in [0.25, 0.3) is 0 Å². The number of benzene rings is 1. The summed E-state index contributed by atoms with van der Waals surface area (Å²) in [5.41, 5.74) is 1.07. The minimum absolute atomic E-state index is 0.0544. The minimum Gasteiger partial charge on any atom is -0.496 e. The second-order valence-corrected chi connectivity index (χ2v) is 4.83. The van der Waals surface area contributed by atoms with Crippen LogP contribution in [0.4, 0.5) is 0 Å². The fourth-order valence-corrected chi connectivity index (χ4v) is 2.09. The van der Waals surface area contributed by atoms with Crippen LogP contribution in [0.3, 0.4) is 0 Å². The highest BCUT2D eigenvalue weighted by Crippen LogP contribution is 2.27. The number of hydrogen-bond donors (Lipinski definition) is 2. The number of amides is 1. The summed E-state index contributed by atoms with van der Waals surface area (Å²) < 4.78 is 6.06. The molecule has 0 aliphatic carbocycles. The second kappa shape index (κ2) is 7.82. The SMILES string of the molecule is C#CCNC(=O)CN[C@H](C)c1ccc(OC)c(Br)c1. The Labute approximate surface area is 122 Å². The third-order valence-corrected chi connectivity index (χ3v) is 3.25. The number of ether oxygens (including phenoxy) is 1. The summed E-state index contributed by atoms with van der Waals surface area (Å²) in [6, 6.07) is 5.87. The number of rotatable bonds is 6. The molecule has 4 nitrogen and oxygen atoms in total. The molecule has 19 heavy (non-hydrogen) atoms. The fourth-order valence-electron chi connectivity index (χ4n) is 1.53. The number of carbonyl (C=O) groups is 1. The van der Waals surface area contributed by atoms with Crippen LogP contribution in [0.1, 0.15) is 18.5 Å². The standard InChI is InChI=1S/C14H17BrN2O2/c1-4-7-16-14(18)9-17-10(2)11-5-6-13(19-3)12(15)8-11/h1,5-6,8,10,17H,7,9H2,2-3H3,(H,16,18)/t10-/m1/s1. The van der Waals surface area contributed by atoms with Gasteiger partial charge >= 0.3 is 0 Å². The van der Waals surface area contributed by atoms with Gasteiger partial charge in [0.1, 0.15) is 5.75 Å². The first-order valence-electron chi connectivity index (χ1n) is 5.85. The lowest BCUT2D eigenvalue weighted by Gasteiger charge is -2.15. The average Bonchev–Trinajstić information content (AvgIpc) is 2.42. The van der Waals surface area contributed by atoms with Crippen molar-refractivity contribution in [2.45, 2.75) is 13.0 Å². The van der Waals surface area contributed by atoms with E-state index in [2.05, 4.69) is 32.5 Å². The maximum atomic E-state index is 11.4. The predicted molar refractivity (Wildman–Crippen MR) is 79.0 cm³/mol. The van der Waals surface area contributed by atoms with Gasteiger partial charge in [-0.3, -0.25) is 4.79 Å². The van der Waals surface area contributed by atoms with Crippen LogP contribution in [0.25, 0.3) is 0 Å². The molecule has 2 N–H and O–H groups in total. The topological polar surface area (TPSA) is 50.4 Å². The molecule has 1 aromatic rings. The lowest BCUT2D eigenvalue weighted by Crippen LogP contribution is -2.35. The Kier molecular flexibility index (Phi) is 6.40. The lowest BCUT2D eigenvalue weighted by atomic mass is 10.1. The smallest absolute Gasteiger partial charge is 0.234 e. The molecule has 0 bridgehead atoms. The van der Waals surface area contributed by atoms with Gasteiger partial charge in [-0.15, -0.1) is 6.42 Å². The van der Waals surface area contributed by atoms with E-state index in [0.717, 1.165) is 15.8 Å². The molecule has 0 fully saturated rings. The van der Waals surface area contributed by atoms with Crippen LogP contribution in [0.2, 0.25) is 0 Å². The van der Waals surface area contributed by atoms with Crippen molar-refractivity contribution in [3.8, 4) is 18.1 Å². The zero-order valence-corrected chi connectivity index (χ0v) is 12.6. The lowest BCUT2D eigenvalue weighted by molar-refractivity contribution is -0.120. The van der Waals surface area contributed by atoms with Crippen molar-refractivity contribution in [1.29, 1.82) is 0 Å². The summed E-state index contributed by atoms with van der Waals surface area (Å²) in [6.45, 7) is 2.47. The maximum absolute atomic E-state index is 11.4. The van der Waals surface area contributed by atoms with E-state index in [9.17, 15) is 4.79 Å². The number of terminal acetylenes is 1. The number of hydrogen-bond acceptors (Lipinski definition) is 3. The van der Waals surface area contributed by atoms with Gasteiger partial charge in [-0.05, 0) is 40.5 Å². The highest BCUT2D eigenvalue weighted by molar-refractivity contribution is 9.10. The Hall–Kier alpha value is -1.51. The predicted octanol–water partition coefficient (Wildman–Crippen LogP) is 1.86. The van der Waals surface area contributed by atoms with Crippen LogP contribution in [-0.2, 0) is 4.79 Å². The van der Waals surface area contributed by atoms with Crippen LogP contribution >= 0.6 is 15.9 Å². The summed E-state index contributed by atoms with van der Waals surface area (Å²) >= 11 is 3.44. The molecular formula is C14H17BrN2O2. The Morgan fingerprint density at radius 1 is 1.58 bits per heavy atom. The maximum Gasteiger partial charge on any atom is 0.234 e. The van der Waals surface area contributed by atoms with Crippen LogP contribution in [0, 0.1) is 12.3 Å². The van der Waals surface area contributed by atoms with Crippen molar-refractivity contribution in [1.82, 2.24) is 10.6 Å². The monoisotopic (exact) mass is 324 g/mol. The van der Waals surface area contributed by atoms with Crippen molar-refractivity contribution in [2.24, 2.45) is 0 Å². The molecule has 1 rings (SSSR count). The van der Waals surface area contributed by atoms with E-state index < -0.39 is 0 Å². The first-order valence-corrected chi connectivity index (χ1v) is 6.64. The van der Waals surface area contributed by atoms with Crippen molar-refractivity contribution in [2.75, 3.05) is 20.2 Å². The molecule has 102 valence electrons. The average molecular weight is 325 g/mol. The van der Waals surface area contributed by atoms with E-state index in [4.69, 9.17) is 11.2 Å². The molecule has 0 unspecified atom stereocenters. The molecule has 0 radical (unpaired) electrons. The normalized spacial score (nSPS) is 11.5. The molecule has 0 aliphatic rings. The second-order valence-electron chi connectivity index (χ2n) is 3.98. The van der Waals surface area contributed by atoms with Crippen molar-refractivity contribution >= 4 is 21.8 Å². The minimum atomic E-state index is -0.114. The molecular weight excluding hydrogens is 308 g/mol. The molecule has 5 heteroatoms. The Balaban J connectivity index is 2.54. The summed E-state index contributed by atoms with van der Waals surface area (Å²) in [6.07, 6.45) is 5.07. The fraction of sp³-hybridized carbons (Fsp3) is 0.357. The van der Waals surface area contributed by atoms with Gasteiger partial charge in [-0.25, -0.2) is 0 Å². The molecule has 0 spiro atoms. The van der Waals surface area contributed by atoms with E-state index in [1.807, 2.05) is 25.1 Å². The Morgan fingerprint density at radius 3 is 2.89 bits per heavy atom. The van der Waals surface area contributed by atoms with Crippen molar-refractivity contribution in [3.63, 3.8) is 0 Å². The van der Waals surface area contributed by atoms with Crippen LogP contribution in [0.15, 0.2) is 22.7 Å². The van der Waals surface area contributed by atoms with Crippen LogP contribution in [-0.4, -0.2) is 26.1 Å². The number of carbonyl (C=O) groups excluding carboxylic acids is 1. The quantitative estimate of drug-likeness (QED) is 0.785. The van der Waals surface area contributed by atoms with Gasteiger partial charge in [0.15, 0.2) is 0 Å². The van der Waals surface area contributed by atoms with Gasteiger partial charge < -0.3 is 15.4 Å². The van der Waals surface area contributed by atoms with Crippen LogP contribution < -0.4 is 15.4 Å². The summed E-state index contributed by atoms with van der Waals surface area (Å²) in [7, 11) is 1.62. The Morgan fingerprint density at radius 2 is 2.32 bits per heavy atom. The summed E-state index contributed by atoms with van der Waals surface area (Å²) in [5.74, 6) is 3.02. The first kappa shape index (κ1) is 15.5. The zero-order chi connectivity index (χ0) is 14.3. The highest BCUT2D eigenvalue weighted by Gasteiger charge is 2.09. The van der Waals surface area contributed by atoms with E-state index >= 15 is 0 Å². The van der Waals surface area contributed by atoms with E-state index in [1.54, 1.807) is 7.11 Å². The van der Waals surface area contributed by atoms with Gasteiger partial charge in [-0.1, -0.05) is 12.0 Å². The van der Waals surface area contributed by atoms with Gasteiger partial charge in [0, 0.05) is 6.04 Å². The third kappa shape index (κ3) is 4.93. The molecule has 1 aromatic carbocycles. The van der Waals surface area contributed by atoms with E-state index in [0.29, 0.717) is 0 Å². The third-order valence-electron chi connectivity index (χ3n) is 2.63. The van der Waals surface area contributed by atoms with Gasteiger partial charge in [0.2, 0.25) is 5.91 Å². The summed E-state index contributed by atoms with van der Waals surface area (Å²) in [5, 5.41) is 5.73. The van der Waals surface area contributed by atoms with Crippen molar-refractivity contribution < 1.29 is 9.53 Å². The number of methoxy groups -OCH3 is 1. The first-order chi connectivity index (χ1) is 9.08. The zero-order valence-electron chi connectivity index (χ0n) is 11.0. The molecule has 0 aromatic heterocycles. The molecule has 0 saturated heterocycles. The number of nitrogens with one attached hydrogen (secondary N) is 2.